The maximum absolute atomic E-state index is 12.9. The van der Waals surface area contributed by atoms with E-state index < -0.39 is 5.97 Å². The van der Waals surface area contributed by atoms with Crippen LogP contribution in [-0.4, -0.2) is 39.5 Å². The summed E-state index contributed by atoms with van der Waals surface area (Å²) in [6.07, 6.45) is 5.26. The Hall–Kier alpha value is -2.69. The van der Waals surface area contributed by atoms with E-state index in [1.807, 2.05) is 23.1 Å². The molecule has 1 aliphatic rings. The van der Waals surface area contributed by atoms with Crippen LogP contribution in [0.15, 0.2) is 48.7 Å². The van der Waals surface area contributed by atoms with Crippen LogP contribution in [0, 0.1) is 0 Å². The van der Waals surface area contributed by atoms with Crippen molar-refractivity contribution in [1.29, 1.82) is 0 Å². The fourth-order valence-corrected chi connectivity index (χ4v) is 3.21. The Morgan fingerprint density at radius 2 is 1.96 bits per heavy atom. The van der Waals surface area contributed by atoms with Crippen LogP contribution in [0.1, 0.15) is 45.7 Å². The molecule has 2 aromatic rings. The molecule has 0 spiro atoms. The Balaban J connectivity index is 1.81. The van der Waals surface area contributed by atoms with Gasteiger partial charge in [-0.15, -0.1) is 0 Å². The van der Waals surface area contributed by atoms with Crippen molar-refractivity contribution < 1.29 is 14.7 Å². The van der Waals surface area contributed by atoms with E-state index in [4.69, 9.17) is 5.11 Å². The highest BCUT2D eigenvalue weighted by atomic mass is 16.4. The Labute approximate surface area is 140 Å². The molecule has 1 aromatic heterocycles. The molecule has 3 rings (SSSR count). The first kappa shape index (κ1) is 16.2. The SMILES string of the molecule is O=C(O)c1cc(C(=O)N2CCCCC2Cc2ccccc2)ccn1. The number of nitrogens with zero attached hydrogens (tertiary/aromatic N) is 2. The lowest BCUT2D eigenvalue weighted by atomic mass is 9.95. The summed E-state index contributed by atoms with van der Waals surface area (Å²) in [4.78, 5) is 29.6. The van der Waals surface area contributed by atoms with Crippen molar-refractivity contribution in [3.8, 4) is 0 Å². The van der Waals surface area contributed by atoms with Gasteiger partial charge in [0.15, 0.2) is 0 Å². The van der Waals surface area contributed by atoms with Crippen molar-refractivity contribution in [3.63, 3.8) is 0 Å². The quantitative estimate of drug-likeness (QED) is 0.938. The van der Waals surface area contributed by atoms with Gasteiger partial charge >= 0.3 is 5.97 Å². The number of amides is 1. The molecular weight excluding hydrogens is 304 g/mol. The average molecular weight is 324 g/mol. The van der Waals surface area contributed by atoms with Crippen molar-refractivity contribution in [2.75, 3.05) is 6.54 Å². The molecule has 1 saturated heterocycles. The zero-order valence-corrected chi connectivity index (χ0v) is 13.4. The number of rotatable bonds is 4. The van der Waals surface area contributed by atoms with Gasteiger partial charge in [0.05, 0.1) is 0 Å². The fraction of sp³-hybridized carbons (Fsp3) is 0.316. The van der Waals surface area contributed by atoms with E-state index >= 15 is 0 Å². The lowest BCUT2D eigenvalue weighted by Gasteiger charge is -2.36. The predicted octanol–water partition coefficient (Wildman–Crippen LogP) is 3.02. The van der Waals surface area contributed by atoms with Crippen LogP contribution in [0.4, 0.5) is 0 Å². The molecule has 5 nitrogen and oxygen atoms in total. The largest absolute Gasteiger partial charge is 0.477 e. The van der Waals surface area contributed by atoms with Gasteiger partial charge in [-0.1, -0.05) is 30.3 Å². The van der Waals surface area contributed by atoms with Crippen molar-refractivity contribution >= 4 is 11.9 Å². The first-order chi connectivity index (χ1) is 11.6. The molecule has 0 radical (unpaired) electrons. The summed E-state index contributed by atoms with van der Waals surface area (Å²) >= 11 is 0. The number of aromatic carboxylic acids is 1. The Morgan fingerprint density at radius 1 is 1.17 bits per heavy atom. The number of aromatic nitrogens is 1. The van der Waals surface area contributed by atoms with Crippen molar-refractivity contribution in [2.45, 2.75) is 31.7 Å². The summed E-state index contributed by atoms with van der Waals surface area (Å²) in [6, 6.07) is 13.2. The summed E-state index contributed by atoms with van der Waals surface area (Å²) in [7, 11) is 0. The van der Waals surface area contributed by atoms with Gasteiger partial charge in [0.25, 0.3) is 5.91 Å². The molecule has 1 amide bonds. The van der Waals surface area contributed by atoms with E-state index in [9.17, 15) is 9.59 Å². The van der Waals surface area contributed by atoms with Gasteiger partial charge in [-0.2, -0.15) is 0 Å². The zero-order valence-electron chi connectivity index (χ0n) is 13.4. The number of piperidine rings is 1. The number of likely N-dealkylation sites (tertiary alicyclic amines) is 1. The molecule has 1 aromatic carbocycles. The number of hydrogen-bond acceptors (Lipinski definition) is 3. The molecule has 0 bridgehead atoms. The van der Waals surface area contributed by atoms with Crippen LogP contribution in [0.25, 0.3) is 0 Å². The van der Waals surface area contributed by atoms with Gasteiger partial charge < -0.3 is 10.0 Å². The molecule has 124 valence electrons. The van der Waals surface area contributed by atoms with Gasteiger partial charge in [0.2, 0.25) is 0 Å². The average Bonchev–Trinajstić information content (AvgIpc) is 2.62. The Bertz CT molecular complexity index is 730. The van der Waals surface area contributed by atoms with E-state index in [2.05, 4.69) is 17.1 Å². The summed E-state index contributed by atoms with van der Waals surface area (Å²) in [6.45, 7) is 0.709. The highest BCUT2D eigenvalue weighted by molar-refractivity contribution is 5.96. The van der Waals surface area contributed by atoms with E-state index in [-0.39, 0.29) is 17.6 Å². The minimum atomic E-state index is -1.12. The summed E-state index contributed by atoms with van der Waals surface area (Å²) < 4.78 is 0. The maximum Gasteiger partial charge on any atom is 0.354 e. The Morgan fingerprint density at radius 3 is 2.71 bits per heavy atom. The highest BCUT2D eigenvalue weighted by Crippen LogP contribution is 2.23. The molecule has 0 saturated carbocycles. The van der Waals surface area contributed by atoms with E-state index in [0.717, 1.165) is 25.7 Å². The molecule has 1 N–H and O–H groups in total. The monoisotopic (exact) mass is 324 g/mol. The lowest BCUT2D eigenvalue weighted by molar-refractivity contribution is 0.0613. The summed E-state index contributed by atoms with van der Waals surface area (Å²) in [5, 5.41) is 9.06. The van der Waals surface area contributed by atoms with Gasteiger partial charge in [-0.3, -0.25) is 4.79 Å². The zero-order chi connectivity index (χ0) is 16.9. The van der Waals surface area contributed by atoms with E-state index in [0.29, 0.717) is 12.1 Å². The number of hydrogen-bond donors (Lipinski definition) is 1. The van der Waals surface area contributed by atoms with Gasteiger partial charge in [-0.05, 0) is 43.4 Å². The third-order valence-electron chi connectivity index (χ3n) is 4.43. The number of carbonyl (C=O) groups excluding carboxylic acids is 1. The molecular formula is C19H20N2O3. The molecule has 1 unspecified atom stereocenters. The molecule has 1 fully saturated rings. The van der Waals surface area contributed by atoms with Gasteiger partial charge in [0.1, 0.15) is 5.69 Å². The molecule has 5 heteroatoms. The summed E-state index contributed by atoms with van der Waals surface area (Å²) in [5.41, 5.74) is 1.50. The van der Waals surface area contributed by atoms with Gasteiger partial charge in [0, 0.05) is 24.3 Å². The second kappa shape index (κ2) is 7.25. The smallest absolute Gasteiger partial charge is 0.354 e. The standard InChI is InChI=1S/C19H20N2O3/c22-18(15-9-10-20-17(13-15)19(23)24)21-11-5-4-8-16(21)12-14-6-2-1-3-7-14/h1-3,6-7,9-10,13,16H,4-5,8,11-12H2,(H,23,24). The second-order valence-corrected chi connectivity index (χ2v) is 6.07. The minimum Gasteiger partial charge on any atom is -0.477 e. The molecule has 24 heavy (non-hydrogen) atoms. The molecule has 1 atom stereocenters. The van der Waals surface area contributed by atoms with Crippen LogP contribution in [0.5, 0.6) is 0 Å². The predicted molar refractivity (Wildman–Crippen MR) is 90.0 cm³/mol. The number of pyridine rings is 1. The van der Waals surface area contributed by atoms with Crippen molar-refractivity contribution in [1.82, 2.24) is 9.88 Å². The van der Waals surface area contributed by atoms with Crippen LogP contribution >= 0.6 is 0 Å². The molecule has 0 aliphatic carbocycles. The summed E-state index contributed by atoms with van der Waals surface area (Å²) in [5.74, 6) is -1.23. The Kier molecular flexibility index (Phi) is 4.89. The first-order valence-electron chi connectivity index (χ1n) is 8.19. The normalized spacial score (nSPS) is 17.5. The number of benzene rings is 1. The minimum absolute atomic E-state index is 0.0996. The van der Waals surface area contributed by atoms with Crippen LogP contribution < -0.4 is 0 Å². The lowest BCUT2D eigenvalue weighted by Crippen LogP contribution is -2.44. The van der Waals surface area contributed by atoms with Crippen LogP contribution in [0.3, 0.4) is 0 Å². The molecule has 2 heterocycles. The fourth-order valence-electron chi connectivity index (χ4n) is 3.21. The van der Waals surface area contributed by atoms with Crippen LogP contribution in [-0.2, 0) is 6.42 Å². The maximum atomic E-state index is 12.9. The second-order valence-electron chi connectivity index (χ2n) is 6.07. The number of carboxylic acids is 1. The first-order valence-corrected chi connectivity index (χ1v) is 8.19. The number of carbonyl (C=O) groups is 2. The van der Waals surface area contributed by atoms with E-state index in [1.54, 1.807) is 6.07 Å². The topological polar surface area (TPSA) is 70.5 Å². The van der Waals surface area contributed by atoms with Crippen molar-refractivity contribution in [2.24, 2.45) is 0 Å². The molecule has 1 aliphatic heterocycles. The number of carboxylic acid groups (broad SMARTS) is 1. The van der Waals surface area contributed by atoms with E-state index in [1.165, 1.54) is 17.8 Å². The van der Waals surface area contributed by atoms with Gasteiger partial charge in [-0.25, -0.2) is 9.78 Å². The van der Waals surface area contributed by atoms with Crippen LogP contribution in [0.2, 0.25) is 0 Å². The van der Waals surface area contributed by atoms with Crippen molar-refractivity contribution in [3.05, 3.63) is 65.5 Å². The highest BCUT2D eigenvalue weighted by Gasteiger charge is 2.28. The third kappa shape index (κ3) is 3.62. The third-order valence-corrected chi connectivity index (χ3v) is 4.43.